The van der Waals surface area contributed by atoms with Crippen LogP contribution in [-0.4, -0.2) is 23.6 Å². The van der Waals surface area contributed by atoms with Gasteiger partial charge in [0.25, 0.3) is 0 Å². The third-order valence-electron chi connectivity index (χ3n) is 3.22. The molecule has 0 aromatic carbocycles. The second-order valence-corrected chi connectivity index (χ2v) is 4.43. The van der Waals surface area contributed by atoms with E-state index in [0.29, 0.717) is 22.7 Å². The Balaban J connectivity index is 2.09. The molecule has 86 valence electrons. The van der Waals surface area contributed by atoms with E-state index in [1.807, 2.05) is 0 Å². The molecular formula is C13H12N2O2. The standard InChI is InChI=1S/C13H12N2O2/c1-14-11-5-12(16)8-4-10(7-2-3-7)15-6-9(8)13(11)17/h4-7,14H,2-3H2,1H3. The molecule has 4 nitrogen and oxygen atoms in total. The highest BCUT2D eigenvalue weighted by Crippen LogP contribution is 2.39. The molecule has 1 aromatic heterocycles. The van der Waals surface area contributed by atoms with Crippen LogP contribution in [-0.2, 0) is 0 Å². The molecule has 1 N–H and O–H groups in total. The summed E-state index contributed by atoms with van der Waals surface area (Å²) in [6.07, 6.45) is 5.16. The lowest BCUT2D eigenvalue weighted by Crippen LogP contribution is -2.24. The number of hydrogen-bond donors (Lipinski definition) is 1. The first-order valence-electron chi connectivity index (χ1n) is 5.69. The van der Waals surface area contributed by atoms with Gasteiger partial charge in [-0.25, -0.2) is 0 Å². The van der Waals surface area contributed by atoms with Crippen LogP contribution in [0.5, 0.6) is 0 Å². The van der Waals surface area contributed by atoms with Gasteiger partial charge in [0.1, 0.15) is 0 Å². The Morgan fingerprint density at radius 3 is 2.71 bits per heavy atom. The van der Waals surface area contributed by atoms with Crippen LogP contribution in [0.25, 0.3) is 0 Å². The van der Waals surface area contributed by atoms with Gasteiger partial charge in [-0.1, -0.05) is 0 Å². The number of carbonyl (C=O) groups excluding carboxylic acids is 2. The van der Waals surface area contributed by atoms with Crippen LogP contribution >= 0.6 is 0 Å². The highest BCUT2D eigenvalue weighted by Gasteiger charge is 2.30. The van der Waals surface area contributed by atoms with Gasteiger partial charge >= 0.3 is 0 Å². The molecular weight excluding hydrogens is 216 g/mol. The van der Waals surface area contributed by atoms with Gasteiger partial charge in [-0.15, -0.1) is 0 Å². The fourth-order valence-corrected chi connectivity index (χ4v) is 2.06. The van der Waals surface area contributed by atoms with Crippen molar-refractivity contribution in [2.45, 2.75) is 18.8 Å². The predicted molar refractivity (Wildman–Crippen MR) is 62.0 cm³/mol. The molecule has 0 bridgehead atoms. The van der Waals surface area contributed by atoms with E-state index in [1.54, 1.807) is 13.1 Å². The maximum Gasteiger partial charge on any atom is 0.211 e. The molecule has 17 heavy (non-hydrogen) atoms. The summed E-state index contributed by atoms with van der Waals surface area (Å²) >= 11 is 0. The fraction of sp³-hybridized carbons (Fsp3) is 0.308. The minimum absolute atomic E-state index is 0.117. The number of pyridine rings is 1. The van der Waals surface area contributed by atoms with E-state index in [0.717, 1.165) is 18.5 Å². The summed E-state index contributed by atoms with van der Waals surface area (Å²) in [6.45, 7) is 0. The number of nitrogens with zero attached hydrogens (tertiary/aromatic N) is 1. The Morgan fingerprint density at radius 1 is 1.29 bits per heavy atom. The Morgan fingerprint density at radius 2 is 2.06 bits per heavy atom. The molecule has 0 atom stereocenters. The van der Waals surface area contributed by atoms with E-state index in [1.165, 1.54) is 12.3 Å². The minimum Gasteiger partial charge on any atom is -0.385 e. The quantitative estimate of drug-likeness (QED) is 0.832. The number of rotatable bonds is 2. The molecule has 1 aromatic rings. The van der Waals surface area contributed by atoms with Gasteiger partial charge in [0, 0.05) is 36.5 Å². The Labute approximate surface area is 98.7 Å². The van der Waals surface area contributed by atoms with E-state index in [9.17, 15) is 9.59 Å². The summed E-state index contributed by atoms with van der Waals surface area (Å²) < 4.78 is 0. The third-order valence-corrected chi connectivity index (χ3v) is 3.22. The van der Waals surface area contributed by atoms with E-state index in [-0.39, 0.29) is 11.6 Å². The highest BCUT2D eigenvalue weighted by atomic mass is 16.1. The van der Waals surface area contributed by atoms with Crippen molar-refractivity contribution in [2.24, 2.45) is 0 Å². The number of aromatic nitrogens is 1. The van der Waals surface area contributed by atoms with E-state index >= 15 is 0 Å². The SMILES string of the molecule is CNC1=CC(=O)c2cc(C3CC3)ncc2C1=O. The van der Waals surface area contributed by atoms with Crippen molar-refractivity contribution in [3.05, 3.63) is 40.9 Å². The lowest BCUT2D eigenvalue weighted by molar-refractivity contribution is 0.0979. The summed E-state index contributed by atoms with van der Waals surface area (Å²) in [4.78, 5) is 28.1. The molecule has 2 aliphatic carbocycles. The summed E-state index contributed by atoms with van der Waals surface area (Å²) in [6, 6.07) is 1.77. The van der Waals surface area contributed by atoms with Gasteiger partial charge in [-0.3, -0.25) is 14.6 Å². The van der Waals surface area contributed by atoms with Crippen LogP contribution in [0.15, 0.2) is 24.0 Å². The maximum atomic E-state index is 12.0. The Hall–Kier alpha value is -1.97. The van der Waals surface area contributed by atoms with Gasteiger partial charge in [0.05, 0.1) is 11.3 Å². The minimum atomic E-state index is -0.156. The van der Waals surface area contributed by atoms with Crippen molar-refractivity contribution >= 4 is 11.6 Å². The maximum absolute atomic E-state index is 12.0. The summed E-state index contributed by atoms with van der Waals surface area (Å²) in [5.41, 5.74) is 2.17. The predicted octanol–water partition coefficient (Wildman–Crippen LogP) is 1.44. The van der Waals surface area contributed by atoms with Crippen molar-refractivity contribution in [1.82, 2.24) is 10.3 Å². The van der Waals surface area contributed by atoms with Crippen LogP contribution < -0.4 is 5.32 Å². The molecule has 0 radical (unpaired) electrons. The largest absolute Gasteiger partial charge is 0.385 e. The number of allylic oxidation sites excluding steroid dienone is 2. The van der Waals surface area contributed by atoms with Crippen molar-refractivity contribution < 1.29 is 9.59 Å². The second kappa shape index (κ2) is 3.52. The number of Topliss-reactive ketones (excluding diaryl/α,β-unsaturated/α-hetero) is 1. The topological polar surface area (TPSA) is 59.1 Å². The zero-order chi connectivity index (χ0) is 12.0. The smallest absolute Gasteiger partial charge is 0.211 e. The number of ketones is 2. The van der Waals surface area contributed by atoms with Crippen LogP contribution in [0.4, 0.5) is 0 Å². The van der Waals surface area contributed by atoms with E-state index < -0.39 is 0 Å². The molecule has 4 heteroatoms. The van der Waals surface area contributed by atoms with Crippen molar-refractivity contribution in [2.75, 3.05) is 7.05 Å². The molecule has 1 fully saturated rings. The first-order chi connectivity index (χ1) is 8.20. The monoisotopic (exact) mass is 228 g/mol. The van der Waals surface area contributed by atoms with Crippen LogP contribution in [0.1, 0.15) is 45.2 Å². The average Bonchev–Trinajstić information content (AvgIpc) is 3.17. The summed E-state index contributed by atoms with van der Waals surface area (Å²) in [7, 11) is 1.63. The van der Waals surface area contributed by atoms with Gasteiger partial charge in [0.15, 0.2) is 5.78 Å². The lowest BCUT2D eigenvalue weighted by Gasteiger charge is -2.14. The number of fused-ring (bicyclic) bond motifs is 1. The molecule has 1 heterocycles. The first-order valence-corrected chi connectivity index (χ1v) is 5.69. The van der Waals surface area contributed by atoms with Crippen molar-refractivity contribution in [1.29, 1.82) is 0 Å². The van der Waals surface area contributed by atoms with Gasteiger partial charge in [-0.2, -0.15) is 0 Å². The lowest BCUT2D eigenvalue weighted by atomic mass is 9.93. The van der Waals surface area contributed by atoms with Crippen molar-refractivity contribution in [3.8, 4) is 0 Å². The van der Waals surface area contributed by atoms with Crippen LogP contribution in [0, 0.1) is 0 Å². The number of hydrogen-bond acceptors (Lipinski definition) is 4. The summed E-state index contributed by atoms with van der Waals surface area (Å²) in [5.74, 6) is 0.211. The molecule has 0 unspecified atom stereocenters. The molecule has 0 spiro atoms. The van der Waals surface area contributed by atoms with Gasteiger partial charge in [-0.05, 0) is 18.9 Å². The molecule has 1 saturated carbocycles. The zero-order valence-electron chi connectivity index (χ0n) is 9.49. The Kier molecular flexibility index (Phi) is 2.11. The van der Waals surface area contributed by atoms with Crippen LogP contribution in [0.2, 0.25) is 0 Å². The fourth-order valence-electron chi connectivity index (χ4n) is 2.06. The molecule has 2 aliphatic rings. The molecule has 0 aliphatic heterocycles. The third kappa shape index (κ3) is 1.56. The number of nitrogens with one attached hydrogen (secondary N) is 1. The van der Waals surface area contributed by atoms with Gasteiger partial charge < -0.3 is 5.32 Å². The van der Waals surface area contributed by atoms with Gasteiger partial charge in [0.2, 0.25) is 5.78 Å². The summed E-state index contributed by atoms with van der Waals surface area (Å²) in [5, 5.41) is 2.74. The average molecular weight is 228 g/mol. The van der Waals surface area contributed by atoms with Crippen LogP contribution in [0.3, 0.4) is 0 Å². The zero-order valence-corrected chi connectivity index (χ0v) is 9.49. The highest BCUT2D eigenvalue weighted by molar-refractivity contribution is 6.24. The Bertz CT molecular complexity index is 557. The van der Waals surface area contributed by atoms with Crippen molar-refractivity contribution in [3.63, 3.8) is 0 Å². The van der Waals surface area contributed by atoms with E-state index in [2.05, 4.69) is 10.3 Å². The molecule has 0 saturated heterocycles. The molecule has 0 amide bonds. The number of likely N-dealkylation sites (N-methyl/N-ethyl adjacent to an activating group) is 1. The van der Waals surface area contributed by atoms with E-state index in [4.69, 9.17) is 0 Å². The molecule has 3 rings (SSSR count). The number of carbonyl (C=O) groups is 2. The first kappa shape index (κ1) is 10.2. The second-order valence-electron chi connectivity index (χ2n) is 4.43. The normalized spacial score (nSPS) is 18.8.